The minimum atomic E-state index is -0.672. The van der Waals surface area contributed by atoms with Crippen LogP contribution in [0.25, 0.3) is 0 Å². The SMILES string of the molecule is CCOC(=O)CCN(Cc1ccccc1)C(=O)Nc1cc(C(=O)OC)cc(C(=O)OC)c1. The molecule has 0 saturated heterocycles. The van der Waals surface area contributed by atoms with Gasteiger partial charge in [0.05, 0.1) is 38.4 Å². The first-order valence-corrected chi connectivity index (χ1v) is 9.95. The van der Waals surface area contributed by atoms with E-state index >= 15 is 0 Å². The van der Waals surface area contributed by atoms with E-state index in [1.165, 1.54) is 37.3 Å². The standard InChI is InChI=1S/C23H26N2O7/c1-4-32-20(26)10-11-25(15-16-8-6-5-7-9-16)23(29)24-19-13-17(21(27)30-2)12-18(14-19)22(28)31-3/h5-9,12-14H,4,10-11,15H2,1-3H3,(H,24,29). The Morgan fingerprint density at radius 1 is 0.906 bits per heavy atom. The number of benzene rings is 2. The molecule has 0 saturated carbocycles. The summed E-state index contributed by atoms with van der Waals surface area (Å²) < 4.78 is 14.4. The maximum Gasteiger partial charge on any atom is 0.337 e. The molecule has 9 nitrogen and oxygen atoms in total. The van der Waals surface area contributed by atoms with Gasteiger partial charge in [-0.25, -0.2) is 14.4 Å². The zero-order valence-electron chi connectivity index (χ0n) is 18.3. The summed E-state index contributed by atoms with van der Waals surface area (Å²) in [6.45, 7) is 2.31. The van der Waals surface area contributed by atoms with Gasteiger partial charge in [-0.3, -0.25) is 4.79 Å². The van der Waals surface area contributed by atoms with E-state index in [0.29, 0.717) is 0 Å². The molecule has 0 heterocycles. The minimum absolute atomic E-state index is 0.0176. The van der Waals surface area contributed by atoms with Gasteiger partial charge in [0.15, 0.2) is 0 Å². The van der Waals surface area contributed by atoms with E-state index in [9.17, 15) is 19.2 Å². The molecule has 1 N–H and O–H groups in total. The normalized spacial score (nSPS) is 10.1. The van der Waals surface area contributed by atoms with Crippen molar-refractivity contribution in [1.82, 2.24) is 4.90 Å². The van der Waals surface area contributed by atoms with Gasteiger partial charge < -0.3 is 24.4 Å². The minimum Gasteiger partial charge on any atom is -0.466 e. The maximum atomic E-state index is 13.0. The Labute approximate surface area is 186 Å². The molecule has 0 aliphatic carbocycles. The third kappa shape index (κ3) is 7.12. The third-order valence-electron chi connectivity index (χ3n) is 4.42. The van der Waals surface area contributed by atoms with Crippen LogP contribution in [0.1, 0.15) is 39.6 Å². The molecule has 0 bridgehead atoms. The summed E-state index contributed by atoms with van der Waals surface area (Å²) >= 11 is 0. The lowest BCUT2D eigenvalue weighted by atomic mass is 10.1. The van der Waals surface area contributed by atoms with Crippen LogP contribution in [-0.2, 0) is 25.5 Å². The zero-order chi connectivity index (χ0) is 23.5. The van der Waals surface area contributed by atoms with Crippen LogP contribution in [0, 0.1) is 0 Å². The highest BCUT2D eigenvalue weighted by Crippen LogP contribution is 2.18. The van der Waals surface area contributed by atoms with E-state index in [1.54, 1.807) is 6.92 Å². The van der Waals surface area contributed by atoms with E-state index in [4.69, 9.17) is 14.2 Å². The van der Waals surface area contributed by atoms with Crippen molar-refractivity contribution in [1.29, 1.82) is 0 Å². The summed E-state index contributed by atoms with van der Waals surface area (Å²) in [4.78, 5) is 50.2. The summed E-state index contributed by atoms with van der Waals surface area (Å²) in [6.07, 6.45) is 0.0176. The fourth-order valence-corrected chi connectivity index (χ4v) is 2.89. The van der Waals surface area contributed by atoms with Crippen LogP contribution in [0.4, 0.5) is 10.5 Å². The molecule has 0 aliphatic rings. The highest BCUT2D eigenvalue weighted by atomic mass is 16.5. The Bertz CT molecular complexity index is 926. The number of ether oxygens (including phenoxy) is 3. The molecule has 2 aromatic carbocycles. The maximum absolute atomic E-state index is 13.0. The molecule has 2 rings (SSSR count). The van der Waals surface area contributed by atoms with Crippen LogP contribution >= 0.6 is 0 Å². The third-order valence-corrected chi connectivity index (χ3v) is 4.42. The number of methoxy groups -OCH3 is 2. The Morgan fingerprint density at radius 3 is 2.03 bits per heavy atom. The zero-order valence-corrected chi connectivity index (χ0v) is 18.3. The molecule has 170 valence electrons. The van der Waals surface area contributed by atoms with Crippen molar-refractivity contribution in [2.45, 2.75) is 19.9 Å². The Balaban J connectivity index is 2.27. The van der Waals surface area contributed by atoms with E-state index < -0.39 is 23.9 Å². The number of esters is 3. The lowest BCUT2D eigenvalue weighted by Gasteiger charge is -2.23. The fraction of sp³-hybridized carbons (Fsp3) is 0.304. The van der Waals surface area contributed by atoms with Crippen molar-refractivity contribution in [2.24, 2.45) is 0 Å². The number of nitrogens with one attached hydrogen (secondary N) is 1. The van der Waals surface area contributed by atoms with Crippen LogP contribution in [0.15, 0.2) is 48.5 Å². The lowest BCUT2D eigenvalue weighted by Crippen LogP contribution is -2.36. The smallest absolute Gasteiger partial charge is 0.337 e. The molecule has 0 aliphatic heterocycles. The van der Waals surface area contributed by atoms with Crippen LogP contribution in [0.3, 0.4) is 0 Å². The van der Waals surface area contributed by atoms with E-state index in [-0.39, 0.29) is 42.9 Å². The molecule has 0 spiro atoms. The van der Waals surface area contributed by atoms with E-state index in [1.807, 2.05) is 30.3 Å². The first kappa shape index (κ1) is 24.4. The number of carbonyl (C=O) groups excluding carboxylic acids is 4. The Kier molecular flexibility index (Phi) is 9.22. The second-order valence-corrected chi connectivity index (χ2v) is 6.67. The van der Waals surface area contributed by atoms with Gasteiger partial charge in [0.1, 0.15) is 0 Å². The number of hydrogen-bond acceptors (Lipinski definition) is 7. The molecular formula is C23H26N2O7. The molecule has 0 aromatic heterocycles. The van der Waals surface area contributed by atoms with Crippen molar-refractivity contribution < 1.29 is 33.4 Å². The monoisotopic (exact) mass is 442 g/mol. The predicted molar refractivity (Wildman–Crippen MR) is 116 cm³/mol. The fourth-order valence-electron chi connectivity index (χ4n) is 2.89. The number of anilines is 1. The first-order chi connectivity index (χ1) is 15.4. The molecule has 0 unspecified atom stereocenters. The molecular weight excluding hydrogens is 416 g/mol. The number of hydrogen-bond donors (Lipinski definition) is 1. The van der Waals surface area contributed by atoms with Gasteiger partial charge in [-0.1, -0.05) is 30.3 Å². The van der Waals surface area contributed by atoms with Crippen LogP contribution in [0.5, 0.6) is 0 Å². The summed E-state index contributed by atoms with van der Waals surface area (Å²) in [5.41, 5.74) is 1.22. The number of amides is 2. The molecule has 2 aromatic rings. The van der Waals surface area contributed by atoms with E-state index in [0.717, 1.165) is 5.56 Å². The summed E-state index contributed by atoms with van der Waals surface area (Å²) in [5, 5.41) is 2.68. The first-order valence-electron chi connectivity index (χ1n) is 9.95. The van der Waals surface area contributed by atoms with Crippen molar-refractivity contribution >= 4 is 29.6 Å². The Hall–Kier alpha value is -3.88. The van der Waals surface area contributed by atoms with Gasteiger partial charge in [-0.2, -0.15) is 0 Å². The van der Waals surface area contributed by atoms with E-state index in [2.05, 4.69) is 5.32 Å². The van der Waals surface area contributed by atoms with Gasteiger partial charge in [0.2, 0.25) is 0 Å². The van der Waals surface area contributed by atoms with Crippen LogP contribution in [0.2, 0.25) is 0 Å². The number of rotatable bonds is 9. The largest absolute Gasteiger partial charge is 0.466 e. The summed E-state index contributed by atoms with van der Waals surface area (Å²) in [5.74, 6) is -1.76. The average molecular weight is 442 g/mol. The van der Waals surface area contributed by atoms with Gasteiger partial charge in [0.25, 0.3) is 0 Å². The van der Waals surface area contributed by atoms with Gasteiger partial charge in [-0.15, -0.1) is 0 Å². The summed E-state index contributed by atoms with van der Waals surface area (Å²) in [6, 6.07) is 12.9. The molecule has 0 fully saturated rings. The van der Waals surface area contributed by atoms with Gasteiger partial charge in [-0.05, 0) is 30.7 Å². The predicted octanol–water partition coefficient (Wildman–Crippen LogP) is 3.25. The van der Waals surface area contributed by atoms with Crippen molar-refractivity contribution in [3.05, 3.63) is 65.2 Å². The van der Waals surface area contributed by atoms with Gasteiger partial charge in [0, 0.05) is 18.8 Å². The molecule has 9 heteroatoms. The second-order valence-electron chi connectivity index (χ2n) is 6.67. The van der Waals surface area contributed by atoms with Crippen LogP contribution in [-0.4, -0.2) is 56.2 Å². The van der Waals surface area contributed by atoms with Crippen molar-refractivity contribution in [3.8, 4) is 0 Å². The summed E-state index contributed by atoms with van der Waals surface area (Å²) in [7, 11) is 2.42. The number of nitrogens with zero attached hydrogens (tertiary/aromatic N) is 1. The molecule has 2 amide bonds. The number of carbonyl (C=O) groups is 4. The van der Waals surface area contributed by atoms with Crippen molar-refractivity contribution in [2.75, 3.05) is 32.7 Å². The quantitative estimate of drug-likeness (QED) is 0.469. The average Bonchev–Trinajstić information content (AvgIpc) is 2.81. The molecule has 0 radical (unpaired) electrons. The van der Waals surface area contributed by atoms with Gasteiger partial charge >= 0.3 is 23.9 Å². The second kappa shape index (κ2) is 12.1. The molecule has 32 heavy (non-hydrogen) atoms. The van der Waals surface area contributed by atoms with Crippen LogP contribution < -0.4 is 5.32 Å². The number of urea groups is 1. The highest BCUT2D eigenvalue weighted by Gasteiger charge is 2.19. The topological polar surface area (TPSA) is 111 Å². The van der Waals surface area contributed by atoms with Crippen molar-refractivity contribution in [3.63, 3.8) is 0 Å². The lowest BCUT2D eigenvalue weighted by molar-refractivity contribution is -0.143. The highest BCUT2D eigenvalue weighted by molar-refractivity contribution is 5.99. The Morgan fingerprint density at radius 2 is 1.50 bits per heavy atom. The molecule has 0 atom stereocenters.